The van der Waals surface area contributed by atoms with Crippen molar-refractivity contribution in [3.8, 4) is 0 Å². The first-order valence-electron chi connectivity index (χ1n) is 7.47. The third-order valence-corrected chi connectivity index (χ3v) is 6.20. The lowest BCUT2D eigenvalue weighted by molar-refractivity contribution is 0.0277. The lowest BCUT2D eigenvalue weighted by atomic mass is 10.1. The second-order valence-corrected chi connectivity index (χ2v) is 7.30. The largest absolute Gasteiger partial charge is 0.383 e. The SMILES string of the molecule is CCOC1CCN(S(=O)(=O)N2CCC[C@H]2COC)CC1. The van der Waals surface area contributed by atoms with Gasteiger partial charge in [-0.05, 0) is 32.6 Å². The van der Waals surface area contributed by atoms with Gasteiger partial charge in [0, 0.05) is 39.4 Å². The average Bonchev–Trinajstić information content (AvgIpc) is 2.89. The Kier molecular flexibility index (Phi) is 5.80. The van der Waals surface area contributed by atoms with Crippen LogP contribution in [0, 0.1) is 0 Å². The van der Waals surface area contributed by atoms with E-state index >= 15 is 0 Å². The summed E-state index contributed by atoms with van der Waals surface area (Å²) in [7, 11) is -1.72. The van der Waals surface area contributed by atoms with Gasteiger partial charge in [-0.15, -0.1) is 0 Å². The van der Waals surface area contributed by atoms with E-state index in [0.29, 0.717) is 32.8 Å². The van der Waals surface area contributed by atoms with Gasteiger partial charge in [-0.25, -0.2) is 0 Å². The van der Waals surface area contributed by atoms with Crippen molar-refractivity contribution >= 4 is 10.2 Å². The molecule has 0 spiro atoms. The molecular formula is C13H26N2O4S. The van der Waals surface area contributed by atoms with Crippen LogP contribution < -0.4 is 0 Å². The maximum atomic E-state index is 12.7. The zero-order valence-electron chi connectivity index (χ0n) is 12.5. The summed E-state index contributed by atoms with van der Waals surface area (Å²) in [6, 6.07) is -0.00499. The highest BCUT2D eigenvalue weighted by Crippen LogP contribution is 2.26. The average molecular weight is 306 g/mol. The van der Waals surface area contributed by atoms with Gasteiger partial charge in [0.2, 0.25) is 0 Å². The Morgan fingerprint density at radius 3 is 2.45 bits per heavy atom. The molecule has 0 aromatic heterocycles. The van der Waals surface area contributed by atoms with Crippen LogP contribution in [0.2, 0.25) is 0 Å². The first kappa shape index (κ1) is 16.2. The van der Waals surface area contributed by atoms with Crippen molar-refractivity contribution in [1.29, 1.82) is 0 Å². The van der Waals surface area contributed by atoms with Crippen LogP contribution in [0.15, 0.2) is 0 Å². The zero-order valence-corrected chi connectivity index (χ0v) is 13.3. The molecule has 0 N–H and O–H groups in total. The summed E-state index contributed by atoms with van der Waals surface area (Å²) in [5.41, 5.74) is 0. The summed E-state index contributed by atoms with van der Waals surface area (Å²) in [5, 5.41) is 0. The van der Waals surface area contributed by atoms with Crippen LogP contribution in [0.3, 0.4) is 0 Å². The number of piperidine rings is 1. The molecule has 2 fully saturated rings. The van der Waals surface area contributed by atoms with E-state index in [1.807, 2.05) is 6.92 Å². The van der Waals surface area contributed by atoms with E-state index in [1.165, 1.54) is 0 Å². The lowest BCUT2D eigenvalue weighted by Gasteiger charge is -2.35. The number of hydrogen-bond donors (Lipinski definition) is 0. The molecule has 20 heavy (non-hydrogen) atoms. The van der Waals surface area contributed by atoms with Crippen molar-refractivity contribution in [3.63, 3.8) is 0 Å². The second-order valence-electron chi connectivity index (χ2n) is 5.42. The fourth-order valence-corrected chi connectivity index (χ4v) is 4.96. The Bertz CT molecular complexity index is 393. The van der Waals surface area contributed by atoms with Gasteiger partial charge < -0.3 is 9.47 Å². The Balaban J connectivity index is 1.97. The summed E-state index contributed by atoms with van der Waals surface area (Å²) in [6.07, 6.45) is 3.59. The van der Waals surface area contributed by atoms with Gasteiger partial charge in [0.05, 0.1) is 12.7 Å². The molecule has 0 saturated carbocycles. The number of rotatable bonds is 6. The highest BCUT2D eigenvalue weighted by atomic mass is 32.2. The molecular weight excluding hydrogens is 280 g/mol. The fraction of sp³-hybridized carbons (Fsp3) is 1.00. The molecule has 0 amide bonds. The molecule has 0 aliphatic carbocycles. The normalized spacial score (nSPS) is 27.2. The standard InChI is InChI=1S/C13H26N2O4S/c1-3-19-13-6-9-14(10-7-13)20(16,17)15-8-4-5-12(15)11-18-2/h12-13H,3-11H2,1-2H3/t12-/m0/s1. The van der Waals surface area contributed by atoms with Crippen molar-refractivity contribution in [1.82, 2.24) is 8.61 Å². The van der Waals surface area contributed by atoms with Crippen molar-refractivity contribution in [2.24, 2.45) is 0 Å². The van der Waals surface area contributed by atoms with Gasteiger partial charge in [-0.3, -0.25) is 0 Å². The number of ether oxygens (including phenoxy) is 2. The van der Waals surface area contributed by atoms with Crippen LogP contribution in [-0.4, -0.2) is 69.1 Å². The molecule has 6 nitrogen and oxygen atoms in total. The highest BCUT2D eigenvalue weighted by Gasteiger charge is 2.39. The monoisotopic (exact) mass is 306 g/mol. The lowest BCUT2D eigenvalue weighted by Crippen LogP contribution is -2.50. The summed E-state index contributed by atoms with van der Waals surface area (Å²) in [4.78, 5) is 0. The first-order chi connectivity index (χ1) is 9.59. The maximum Gasteiger partial charge on any atom is 0.282 e. The fourth-order valence-electron chi connectivity index (χ4n) is 3.09. The van der Waals surface area contributed by atoms with Crippen LogP contribution in [0.5, 0.6) is 0 Å². The molecule has 7 heteroatoms. The minimum absolute atomic E-state index is 0.00499. The first-order valence-corrected chi connectivity index (χ1v) is 8.86. The van der Waals surface area contributed by atoms with Crippen LogP contribution in [0.25, 0.3) is 0 Å². The molecule has 0 aromatic rings. The van der Waals surface area contributed by atoms with E-state index in [0.717, 1.165) is 25.7 Å². The van der Waals surface area contributed by atoms with E-state index in [4.69, 9.17) is 9.47 Å². The zero-order chi connectivity index (χ0) is 14.6. The number of methoxy groups -OCH3 is 1. The van der Waals surface area contributed by atoms with E-state index in [9.17, 15) is 8.42 Å². The molecule has 0 unspecified atom stereocenters. The highest BCUT2D eigenvalue weighted by molar-refractivity contribution is 7.86. The van der Waals surface area contributed by atoms with Crippen molar-refractivity contribution in [3.05, 3.63) is 0 Å². The van der Waals surface area contributed by atoms with Gasteiger partial charge in [-0.1, -0.05) is 0 Å². The van der Waals surface area contributed by atoms with Gasteiger partial charge in [0.1, 0.15) is 0 Å². The molecule has 118 valence electrons. The minimum Gasteiger partial charge on any atom is -0.383 e. The van der Waals surface area contributed by atoms with Crippen molar-refractivity contribution in [2.45, 2.75) is 44.8 Å². The maximum absolute atomic E-state index is 12.7. The molecule has 1 atom stereocenters. The predicted octanol–water partition coefficient (Wildman–Crippen LogP) is 0.843. The van der Waals surface area contributed by atoms with Crippen LogP contribution in [0.1, 0.15) is 32.6 Å². The van der Waals surface area contributed by atoms with Crippen molar-refractivity contribution < 1.29 is 17.9 Å². The van der Waals surface area contributed by atoms with Crippen molar-refractivity contribution in [2.75, 3.05) is 40.0 Å². The van der Waals surface area contributed by atoms with Gasteiger partial charge in [-0.2, -0.15) is 17.0 Å². The Morgan fingerprint density at radius 1 is 1.15 bits per heavy atom. The van der Waals surface area contributed by atoms with E-state index in [1.54, 1.807) is 15.7 Å². The Hall–Kier alpha value is -0.210. The van der Waals surface area contributed by atoms with E-state index < -0.39 is 10.2 Å². The van der Waals surface area contributed by atoms with Crippen LogP contribution >= 0.6 is 0 Å². The number of hydrogen-bond acceptors (Lipinski definition) is 4. The molecule has 0 radical (unpaired) electrons. The summed E-state index contributed by atoms with van der Waals surface area (Å²) in [5.74, 6) is 0. The third-order valence-electron chi connectivity index (χ3n) is 4.11. The van der Waals surface area contributed by atoms with Gasteiger partial charge >= 0.3 is 0 Å². The van der Waals surface area contributed by atoms with Gasteiger partial charge in [0.25, 0.3) is 10.2 Å². The van der Waals surface area contributed by atoms with E-state index in [-0.39, 0.29) is 12.1 Å². The quantitative estimate of drug-likeness (QED) is 0.730. The molecule has 2 rings (SSSR count). The predicted molar refractivity (Wildman–Crippen MR) is 76.7 cm³/mol. The third kappa shape index (κ3) is 3.51. The molecule has 2 aliphatic heterocycles. The van der Waals surface area contributed by atoms with Crippen LogP contribution in [-0.2, 0) is 19.7 Å². The van der Waals surface area contributed by atoms with Crippen LogP contribution in [0.4, 0.5) is 0 Å². The minimum atomic E-state index is -3.34. The smallest absolute Gasteiger partial charge is 0.282 e. The number of nitrogens with zero attached hydrogens (tertiary/aromatic N) is 2. The molecule has 0 aromatic carbocycles. The summed E-state index contributed by atoms with van der Waals surface area (Å²) < 4.78 is 39.3. The second kappa shape index (κ2) is 7.17. The Morgan fingerprint density at radius 2 is 1.85 bits per heavy atom. The molecule has 2 heterocycles. The van der Waals surface area contributed by atoms with E-state index in [2.05, 4.69) is 0 Å². The molecule has 0 bridgehead atoms. The summed E-state index contributed by atoms with van der Waals surface area (Å²) in [6.45, 7) is 4.88. The van der Waals surface area contributed by atoms with Gasteiger partial charge in [0.15, 0.2) is 0 Å². The Labute approximate surface area is 122 Å². The summed E-state index contributed by atoms with van der Waals surface area (Å²) >= 11 is 0. The topological polar surface area (TPSA) is 59.1 Å². The molecule has 2 saturated heterocycles. The molecule has 2 aliphatic rings.